The van der Waals surface area contributed by atoms with Gasteiger partial charge in [-0.15, -0.1) is 12.4 Å². The Balaban J connectivity index is 0.00000392. The largest absolute Gasteiger partial charge is 0.460 e. The first-order valence-corrected chi connectivity index (χ1v) is 9.55. The van der Waals surface area contributed by atoms with Crippen LogP contribution in [0.25, 0.3) is 0 Å². The minimum absolute atomic E-state index is 0. The molecule has 2 rings (SSSR count). The van der Waals surface area contributed by atoms with Crippen LogP contribution in [-0.2, 0) is 14.3 Å². The summed E-state index contributed by atoms with van der Waals surface area (Å²) in [6, 6.07) is 2.71. The van der Waals surface area contributed by atoms with Crippen LogP contribution in [0.3, 0.4) is 0 Å². The highest BCUT2D eigenvalue weighted by atomic mass is 35.5. The van der Waals surface area contributed by atoms with Gasteiger partial charge in [-0.2, -0.15) is 0 Å². The molecule has 1 amide bonds. The van der Waals surface area contributed by atoms with E-state index in [0.717, 1.165) is 0 Å². The van der Waals surface area contributed by atoms with Crippen molar-refractivity contribution in [2.24, 2.45) is 11.7 Å². The van der Waals surface area contributed by atoms with Gasteiger partial charge in [-0.05, 0) is 52.2 Å². The second-order valence-corrected chi connectivity index (χ2v) is 8.45. The van der Waals surface area contributed by atoms with Crippen LogP contribution in [0.1, 0.15) is 40.0 Å². The lowest BCUT2D eigenvalue weighted by molar-refractivity contribution is -0.161. The molecule has 1 aromatic rings. The van der Waals surface area contributed by atoms with Gasteiger partial charge in [0.15, 0.2) is 4.99 Å². The standard InChI is InChI=1S/C18H25ClN4O3S.ClH/c1-18(2,3)26-17(25)10-4-6-13(12(20)8-10)22-16(27)15(24)23-14-7-5-11(19)9-21-14;/h5,7,9-10,12-13H,4,6,8,20H2,1-3H3,(H,22,27)(H,21,23,24);1H/t10-,12+,13-;/m0./s1. The minimum Gasteiger partial charge on any atom is -0.460 e. The molecule has 1 fully saturated rings. The third-order valence-corrected chi connectivity index (χ3v) is 4.66. The summed E-state index contributed by atoms with van der Waals surface area (Å²) in [5.74, 6) is -0.587. The SMILES string of the molecule is CC(C)(C)OC(=O)[C@H]1CC[C@H](NC(=S)C(=O)Nc2ccc(Cl)cn2)[C@H](N)C1.Cl. The molecule has 3 atom stereocenters. The number of thiocarbonyl (C=S) groups is 1. The lowest BCUT2D eigenvalue weighted by atomic mass is 9.82. The molecule has 1 aliphatic carbocycles. The molecule has 0 spiro atoms. The van der Waals surface area contributed by atoms with E-state index in [0.29, 0.717) is 30.1 Å². The summed E-state index contributed by atoms with van der Waals surface area (Å²) in [5, 5.41) is 6.07. The van der Waals surface area contributed by atoms with Crippen LogP contribution in [0.15, 0.2) is 18.3 Å². The maximum absolute atomic E-state index is 12.2. The number of esters is 1. The Morgan fingerprint density at radius 3 is 2.54 bits per heavy atom. The molecule has 0 aromatic carbocycles. The monoisotopic (exact) mass is 448 g/mol. The summed E-state index contributed by atoms with van der Waals surface area (Å²) in [5.41, 5.74) is 5.68. The summed E-state index contributed by atoms with van der Waals surface area (Å²) < 4.78 is 5.43. The van der Waals surface area contributed by atoms with E-state index >= 15 is 0 Å². The Morgan fingerprint density at radius 1 is 1.32 bits per heavy atom. The molecule has 0 bridgehead atoms. The highest BCUT2D eigenvalue weighted by Crippen LogP contribution is 2.26. The van der Waals surface area contributed by atoms with Crippen molar-refractivity contribution in [2.45, 2.75) is 57.7 Å². The van der Waals surface area contributed by atoms with Crippen LogP contribution in [0.5, 0.6) is 0 Å². The molecule has 0 saturated heterocycles. The number of nitrogens with one attached hydrogen (secondary N) is 2. The predicted octanol–water partition coefficient (Wildman–Crippen LogP) is 2.85. The fourth-order valence-corrected chi connectivity index (χ4v) is 3.15. The summed E-state index contributed by atoms with van der Waals surface area (Å²) in [4.78, 5) is 28.4. The second-order valence-electron chi connectivity index (χ2n) is 7.60. The number of carbonyl (C=O) groups excluding carboxylic acids is 2. The van der Waals surface area contributed by atoms with Gasteiger partial charge in [0.25, 0.3) is 5.91 Å². The molecule has 10 heteroatoms. The molecule has 1 heterocycles. The molecule has 4 N–H and O–H groups in total. The van der Waals surface area contributed by atoms with Crippen LogP contribution in [0.2, 0.25) is 5.02 Å². The average Bonchev–Trinajstić information content (AvgIpc) is 2.57. The zero-order valence-corrected chi connectivity index (χ0v) is 18.4. The Morgan fingerprint density at radius 2 is 2.00 bits per heavy atom. The Kier molecular flexibility index (Phi) is 9.07. The van der Waals surface area contributed by atoms with E-state index in [1.165, 1.54) is 6.20 Å². The lowest BCUT2D eigenvalue weighted by Gasteiger charge is -2.35. The van der Waals surface area contributed by atoms with E-state index in [1.807, 2.05) is 20.8 Å². The Hall–Kier alpha value is -1.48. The van der Waals surface area contributed by atoms with Crippen molar-refractivity contribution in [1.29, 1.82) is 0 Å². The number of carbonyl (C=O) groups is 2. The molecule has 1 aliphatic rings. The van der Waals surface area contributed by atoms with Crippen molar-refractivity contribution in [3.63, 3.8) is 0 Å². The van der Waals surface area contributed by atoms with Crippen LogP contribution in [0, 0.1) is 5.92 Å². The summed E-state index contributed by atoms with van der Waals surface area (Å²) in [6.07, 6.45) is 3.16. The fourth-order valence-electron chi connectivity index (χ4n) is 2.84. The number of amides is 1. The maximum atomic E-state index is 12.2. The molecule has 0 radical (unpaired) electrons. The van der Waals surface area contributed by atoms with Gasteiger partial charge < -0.3 is 21.1 Å². The topological polar surface area (TPSA) is 106 Å². The number of ether oxygens (including phenoxy) is 1. The summed E-state index contributed by atoms with van der Waals surface area (Å²) in [7, 11) is 0. The molecule has 7 nitrogen and oxygen atoms in total. The number of aromatic nitrogens is 1. The number of halogens is 2. The fraction of sp³-hybridized carbons (Fsp3) is 0.556. The molecule has 0 unspecified atom stereocenters. The minimum atomic E-state index is -0.522. The van der Waals surface area contributed by atoms with E-state index in [4.69, 9.17) is 34.3 Å². The van der Waals surface area contributed by atoms with E-state index in [2.05, 4.69) is 15.6 Å². The third-order valence-electron chi connectivity index (χ3n) is 4.13. The molecule has 156 valence electrons. The van der Waals surface area contributed by atoms with Crippen LogP contribution in [-0.4, -0.2) is 39.5 Å². The van der Waals surface area contributed by atoms with Crippen molar-refractivity contribution in [3.8, 4) is 0 Å². The van der Waals surface area contributed by atoms with E-state index in [-0.39, 0.29) is 41.4 Å². The Bertz CT molecular complexity index is 710. The van der Waals surface area contributed by atoms with Gasteiger partial charge in [0.2, 0.25) is 0 Å². The normalized spacial score (nSPS) is 21.8. The van der Waals surface area contributed by atoms with Crippen LogP contribution in [0.4, 0.5) is 5.82 Å². The van der Waals surface area contributed by atoms with Gasteiger partial charge in [0.05, 0.1) is 10.9 Å². The van der Waals surface area contributed by atoms with Gasteiger partial charge in [0, 0.05) is 18.3 Å². The predicted molar refractivity (Wildman–Crippen MR) is 116 cm³/mol. The van der Waals surface area contributed by atoms with Crippen molar-refractivity contribution in [3.05, 3.63) is 23.4 Å². The first kappa shape index (κ1) is 24.6. The molecule has 1 aromatic heterocycles. The Labute approximate surface area is 181 Å². The quantitative estimate of drug-likeness (QED) is 0.481. The number of hydrogen-bond acceptors (Lipinski definition) is 6. The zero-order chi connectivity index (χ0) is 20.2. The maximum Gasteiger partial charge on any atom is 0.309 e. The van der Waals surface area contributed by atoms with Crippen molar-refractivity contribution in [2.75, 3.05) is 5.32 Å². The highest BCUT2D eigenvalue weighted by molar-refractivity contribution is 7.82. The second kappa shape index (κ2) is 10.3. The number of hydrogen-bond donors (Lipinski definition) is 3. The number of rotatable bonds is 3. The van der Waals surface area contributed by atoms with E-state index < -0.39 is 11.5 Å². The van der Waals surface area contributed by atoms with Crippen molar-refractivity contribution >= 4 is 58.9 Å². The zero-order valence-electron chi connectivity index (χ0n) is 16.0. The number of anilines is 1. The highest BCUT2D eigenvalue weighted by Gasteiger charge is 2.35. The molecular weight excluding hydrogens is 423 g/mol. The smallest absolute Gasteiger partial charge is 0.309 e. The van der Waals surface area contributed by atoms with Gasteiger partial charge in [-0.1, -0.05) is 23.8 Å². The number of pyridine rings is 1. The third kappa shape index (κ3) is 7.50. The van der Waals surface area contributed by atoms with Crippen LogP contribution < -0.4 is 16.4 Å². The van der Waals surface area contributed by atoms with Gasteiger partial charge in [0.1, 0.15) is 11.4 Å². The van der Waals surface area contributed by atoms with Crippen molar-refractivity contribution < 1.29 is 14.3 Å². The number of nitrogens with zero attached hydrogens (tertiary/aromatic N) is 1. The van der Waals surface area contributed by atoms with Gasteiger partial charge in [-0.3, -0.25) is 9.59 Å². The first-order chi connectivity index (χ1) is 12.5. The van der Waals surface area contributed by atoms with Gasteiger partial charge >= 0.3 is 5.97 Å². The molecule has 1 saturated carbocycles. The summed E-state index contributed by atoms with van der Waals surface area (Å²) in [6.45, 7) is 5.51. The first-order valence-electron chi connectivity index (χ1n) is 8.77. The molecule has 28 heavy (non-hydrogen) atoms. The lowest BCUT2D eigenvalue weighted by Crippen LogP contribution is -2.53. The van der Waals surface area contributed by atoms with E-state index in [1.54, 1.807) is 12.1 Å². The molecular formula is C18H26Cl2N4O3S. The van der Waals surface area contributed by atoms with Crippen molar-refractivity contribution in [1.82, 2.24) is 10.3 Å². The summed E-state index contributed by atoms with van der Waals surface area (Å²) >= 11 is 10.9. The average molecular weight is 449 g/mol. The van der Waals surface area contributed by atoms with E-state index in [9.17, 15) is 9.59 Å². The van der Waals surface area contributed by atoms with Crippen LogP contribution >= 0.6 is 36.2 Å². The van der Waals surface area contributed by atoms with Gasteiger partial charge in [-0.25, -0.2) is 4.98 Å². The molecule has 0 aliphatic heterocycles. The number of nitrogens with two attached hydrogens (primary N) is 1.